The largest absolute Gasteiger partial charge is 0.378 e. The summed E-state index contributed by atoms with van der Waals surface area (Å²) in [4.78, 5) is 18.7. The number of carbonyl (C=O) groups excluding carboxylic acids is 1. The quantitative estimate of drug-likeness (QED) is 0.905. The number of rotatable bonds is 3. The first-order valence-corrected chi connectivity index (χ1v) is 8.17. The zero-order valence-corrected chi connectivity index (χ0v) is 13.6. The number of ether oxygens (including phenoxy) is 1. The molecule has 2 fully saturated rings. The molecule has 1 amide bonds. The highest BCUT2D eigenvalue weighted by atomic mass is 16.5. The standard InChI is InChI=1S/C17H20N4O3/c1-11-2-4-12(5-3-11)16-19-15(24-20-16)8-21-6-13-9-23-10-14(7-21)18-17(13)22/h2-5,13-14H,6-10H2,1H3,(H,18,22)/t13-,14+/m1/s1. The minimum atomic E-state index is -0.142. The van der Waals surface area contributed by atoms with Gasteiger partial charge in [-0.1, -0.05) is 35.0 Å². The van der Waals surface area contributed by atoms with Crippen LogP contribution >= 0.6 is 0 Å². The van der Waals surface area contributed by atoms with Gasteiger partial charge in [-0.3, -0.25) is 9.69 Å². The van der Waals surface area contributed by atoms with Gasteiger partial charge < -0.3 is 14.6 Å². The number of aryl methyl sites for hydroxylation is 1. The predicted octanol–water partition coefficient (Wildman–Crippen LogP) is 0.992. The zero-order valence-electron chi connectivity index (χ0n) is 13.6. The van der Waals surface area contributed by atoms with Crippen LogP contribution < -0.4 is 5.32 Å². The molecule has 0 radical (unpaired) electrons. The number of nitrogens with zero attached hydrogens (tertiary/aromatic N) is 3. The highest BCUT2D eigenvalue weighted by molar-refractivity contribution is 5.79. The van der Waals surface area contributed by atoms with E-state index in [1.807, 2.05) is 31.2 Å². The molecule has 2 aliphatic rings. The Labute approximate surface area is 140 Å². The van der Waals surface area contributed by atoms with Crippen LogP contribution in [0.2, 0.25) is 0 Å². The molecule has 126 valence electrons. The van der Waals surface area contributed by atoms with Crippen LogP contribution in [0.15, 0.2) is 28.8 Å². The maximum Gasteiger partial charge on any atom is 0.241 e. The van der Waals surface area contributed by atoms with Gasteiger partial charge in [0.1, 0.15) is 0 Å². The van der Waals surface area contributed by atoms with Crippen molar-refractivity contribution in [2.45, 2.75) is 19.5 Å². The fourth-order valence-electron chi connectivity index (χ4n) is 3.18. The Morgan fingerprint density at radius 1 is 1.25 bits per heavy atom. The Morgan fingerprint density at radius 2 is 2.08 bits per heavy atom. The number of aromatic nitrogens is 2. The van der Waals surface area contributed by atoms with Crippen LogP contribution in [0.1, 0.15) is 11.5 Å². The SMILES string of the molecule is Cc1ccc(-c2noc(CN3C[C@H]4COC[C@@H](C3)C(=O)N4)n2)cc1. The lowest BCUT2D eigenvalue weighted by Gasteiger charge is -2.25. The number of carbonyl (C=O) groups is 1. The van der Waals surface area contributed by atoms with Crippen molar-refractivity contribution >= 4 is 5.91 Å². The molecule has 4 rings (SSSR count). The van der Waals surface area contributed by atoms with Gasteiger partial charge in [-0.05, 0) is 6.92 Å². The molecule has 2 aliphatic heterocycles. The monoisotopic (exact) mass is 328 g/mol. The van der Waals surface area contributed by atoms with Crippen LogP contribution in [0.4, 0.5) is 0 Å². The molecule has 0 aliphatic carbocycles. The molecule has 24 heavy (non-hydrogen) atoms. The van der Waals surface area contributed by atoms with Gasteiger partial charge in [0.25, 0.3) is 0 Å². The average Bonchev–Trinajstić information content (AvgIpc) is 2.86. The van der Waals surface area contributed by atoms with Gasteiger partial charge in [-0.2, -0.15) is 4.98 Å². The van der Waals surface area contributed by atoms with Crippen molar-refractivity contribution in [2.24, 2.45) is 5.92 Å². The molecule has 7 nitrogen and oxygen atoms in total. The summed E-state index contributed by atoms with van der Waals surface area (Å²) in [5, 5.41) is 7.09. The van der Waals surface area contributed by atoms with E-state index in [1.165, 1.54) is 5.56 Å². The van der Waals surface area contributed by atoms with Gasteiger partial charge >= 0.3 is 0 Å². The summed E-state index contributed by atoms with van der Waals surface area (Å²) in [6.45, 7) is 4.98. The minimum absolute atomic E-state index is 0.0180. The maximum absolute atomic E-state index is 12.0. The number of amides is 1. The number of nitrogens with one attached hydrogen (secondary N) is 1. The molecule has 1 N–H and O–H groups in total. The van der Waals surface area contributed by atoms with Crippen molar-refractivity contribution in [3.63, 3.8) is 0 Å². The van der Waals surface area contributed by atoms with Gasteiger partial charge in [0.05, 0.1) is 31.7 Å². The normalized spacial score (nSPS) is 24.5. The van der Waals surface area contributed by atoms with Gasteiger partial charge in [-0.25, -0.2) is 0 Å². The molecular weight excluding hydrogens is 308 g/mol. The lowest BCUT2D eigenvalue weighted by atomic mass is 10.1. The van der Waals surface area contributed by atoms with Gasteiger partial charge in [-0.15, -0.1) is 0 Å². The third-order valence-electron chi connectivity index (χ3n) is 4.45. The van der Waals surface area contributed by atoms with E-state index in [4.69, 9.17) is 9.26 Å². The first-order valence-electron chi connectivity index (χ1n) is 8.17. The van der Waals surface area contributed by atoms with Crippen LogP contribution in [0.5, 0.6) is 0 Å². The van der Waals surface area contributed by atoms with Gasteiger partial charge in [0.15, 0.2) is 0 Å². The summed E-state index contributed by atoms with van der Waals surface area (Å²) in [6, 6.07) is 8.04. The molecule has 2 saturated heterocycles. The summed E-state index contributed by atoms with van der Waals surface area (Å²) in [6.07, 6.45) is 0. The van der Waals surface area contributed by atoms with Crippen LogP contribution in [0.25, 0.3) is 11.4 Å². The topological polar surface area (TPSA) is 80.5 Å². The Balaban J connectivity index is 1.48. The van der Waals surface area contributed by atoms with Crippen molar-refractivity contribution in [3.05, 3.63) is 35.7 Å². The van der Waals surface area contributed by atoms with Crippen molar-refractivity contribution in [1.29, 1.82) is 0 Å². The first-order chi connectivity index (χ1) is 11.7. The molecule has 0 unspecified atom stereocenters. The third-order valence-corrected chi connectivity index (χ3v) is 4.45. The third kappa shape index (κ3) is 3.18. The minimum Gasteiger partial charge on any atom is -0.378 e. The smallest absolute Gasteiger partial charge is 0.241 e. The van der Waals surface area contributed by atoms with Crippen molar-refractivity contribution < 1.29 is 14.1 Å². The molecule has 0 saturated carbocycles. The fourth-order valence-corrected chi connectivity index (χ4v) is 3.18. The van der Waals surface area contributed by atoms with Crippen LogP contribution in [0.3, 0.4) is 0 Å². The summed E-state index contributed by atoms with van der Waals surface area (Å²) in [7, 11) is 0. The predicted molar refractivity (Wildman–Crippen MR) is 86.0 cm³/mol. The van der Waals surface area contributed by atoms with Crippen molar-refractivity contribution in [2.75, 3.05) is 26.3 Å². The van der Waals surface area contributed by atoms with Crippen molar-refractivity contribution in [1.82, 2.24) is 20.4 Å². The second-order valence-electron chi connectivity index (χ2n) is 6.51. The van der Waals surface area contributed by atoms with Crippen LogP contribution in [-0.4, -0.2) is 53.3 Å². The molecule has 3 heterocycles. The van der Waals surface area contributed by atoms with E-state index in [9.17, 15) is 4.79 Å². The molecule has 2 bridgehead atoms. The first kappa shape index (κ1) is 15.3. The average molecular weight is 328 g/mol. The lowest BCUT2D eigenvalue weighted by Crippen LogP contribution is -2.41. The Morgan fingerprint density at radius 3 is 2.92 bits per heavy atom. The molecule has 1 aromatic heterocycles. The summed E-state index contributed by atoms with van der Waals surface area (Å²) in [5.41, 5.74) is 2.13. The molecular formula is C17H20N4O3. The summed E-state index contributed by atoms with van der Waals surface area (Å²) < 4.78 is 10.9. The van der Waals surface area contributed by atoms with Gasteiger partial charge in [0, 0.05) is 18.7 Å². The molecule has 2 atom stereocenters. The van der Waals surface area contributed by atoms with Crippen LogP contribution in [-0.2, 0) is 16.1 Å². The van der Waals surface area contributed by atoms with E-state index in [2.05, 4.69) is 20.4 Å². The summed E-state index contributed by atoms with van der Waals surface area (Å²) >= 11 is 0. The number of hydrogen-bond acceptors (Lipinski definition) is 6. The number of benzene rings is 1. The van der Waals surface area contributed by atoms with Crippen LogP contribution in [0, 0.1) is 12.8 Å². The molecule has 7 heteroatoms. The fraction of sp³-hybridized carbons (Fsp3) is 0.471. The summed E-state index contributed by atoms with van der Waals surface area (Å²) in [5.74, 6) is 1.10. The van der Waals surface area contributed by atoms with Crippen molar-refractivity contribution in [3.8, 4) is 11.4 Å². The van der Waals surface area contributed by atoms with Gasteiger partial charge in [0.2, 0.25) is 17.6 Å². The molecule has 0 spiro atoms. The second kappa shape index (κ2) is 6.33. The second-order valence-corrected chi connectivity index (χ2v) is 6.51. The zero-order chi connectivity index (χ0) is 16.5. The Bertz CT molecular complexity index is 728. The Hall–Kier alpha value is -2.25. The highest BCUT2D eigenvalue weighted by Crippen LogP contribution is 2.19. The lowest BCUT2D eigenvalue weighted by molar-refractivity contribution is -0.125. The van der Waals surface area contributed by atoms with E-state index < -0.39 is 0 Å². The van der Waals surface area contributed by atoms with E-state index in [-0.39, 0.29) is 17.9 Å². The highest BCUT2D eigenvalue weighted by Gasteiger charge is 2.33. The maximum atomic E-state index is 12.0. The molecule has 1 aromatic carbocycles. The number of fused-ring (bicyclic) bond motifs is 3. The molecule has 2 aromatic rings. The Kier molecular flexibility index (Phi) is 4.03. The van der Waals surface area contributed by atoms with E-state index in [0.29, 0.717) is 38.0 Å². The van der Waals surface area contributed by atoms with E-state index >= 15 is 0 Å². The number of hydrogen-bond donors (Lipinski definition) is 1. The van der Waals surface area contributed by atoms with E-state index in [1.54, 1.807) is 0 Å². The van der Waals surface area contributed by atoms with E-state index in [0.717, 1.165) is 12.1 Å².